The first-order chi connectivity index (χ1) is 9.11. The molecule has 6 nitrogen and oxygen atoms in total. The number of ether oxygens (including phenoxy) is 1. The summed E-state index contributed by atoms with van der Waals surface area (Å²) in [4.78, 5) is 12.6. The van der Waals surface area contributed by atoms with Gasteiger partial charge in [-0.05, 0) is 18.1 Å². The van der Waals surface area contributed by atoms with E-state index in [1.54, 1.807) is 12.1 Å². The van der Waals surface area contributed by atoms with E-state index >= 15 is 0 Å². The van der Waals surface area contributed by atoms with Gasteiger partial charge in [0.2, 0.25) is 0 Å². The van der Waals surface area contributed by atoms with Crippen LogP contribution in [0.3, 0.4) is 0 Å². The van der Waals surface area contributed by atoms with E-state index in [2.05, 4.69) is 11.8 Å². The molecule has 0 aliphatic carbocycles. The van der Waals surface area contributed by atoms with Gasteiger partial charge in [-0.2, -0.15) is 0 Å². The topological polar surface area (TPSA) is 81.6 Å². The molecule has 1 aliphatic heterocycles. The molecule has 0 aromatic heterocycles. The van der Waals surface area contributed by atoms with Crippen LogP contribution in [0.15, 0.2) is 18.2 Å². The summed E-state index contributed by atoms with van der Waals surface area (Å²) in [6.07, 6.45) is 1.03. The van der Waals surface area contributed by atoms with Crippen LogP contribution in [-0.2, 0) is 11.3 Å². The Balaban J connectivity index is 2.10. The molecule has 1 aliphatic rings. The zero-order valence-corrected chi connectivity index (χ0v) is 11.0. The summed E-state index contributed by atoms with van der Waals surface area (Å²) in [6.45, 7) is 5.26. The number of nitro groups is 1. The second kappa shape index (κ2) is 5.99. The van der Waals surface area contributed by atoms with E-state index in [4.69, 9.17) is 10.5 Å². The molecule has 0 spiro atoms. The lowest BCUT2D eigenvalue weighted by Gasteiger charge is -2.35. The summed E-state index contributed by atoms with van der Waals surface area (Å²) in [6, 6.07) is 5.36. The molecule has 2 N–H and O–H groups in total. The number of rotatable bonds is 4. The Morgan fingerprint density at radius 1 is 1.58 bits per heavy atom. The fourth-order valence-corrected chi connectivity index (χ4v) is 2.38. The van der Waals surface area contributed by atoms with E-state index in [0.717, 1.165) is 38.3 Å². The molecule has 0 amide bonds. The molecule has 1 aromatic rings. The quantitative estimate of drug-likeness (QED) is 0.510. The van der Waals surface area contributed by atoms with Crippen LogP contribution in [0.2, 0.25) is 0 Å². The Labute approximate surface area is 112 Å². The third-order valence-corrected chi connectivity index (χ3v) is 3.50. The maximum Gasteiger partial charge on any atom is 0.292 e. The largest absolute Gasteiger partial charge is 0.393 e. The van der Waals surface area contributed by atoms with Gasteiger partial charge in [-0.15, -0.1) is 0 Å². The van der Waals surface area contributed by atoms with Gasteiger partial charge in [0.25, 0.3) is 5.69 Å². The first kappa shape index (κ1) is 13.8. The van der Waals surface area contributed by atoms with E-state index in [0.29, 0.717) is 6.04 Å². The highest BCUT2D eigenvalue weighted by Gasteiger charge is 2.22. The standard InChI is InChI=1S/C13H19N3O3/c1-2-11-9-19-6-5-15(11)8-10-3-4-13(16(17)18)12(14)7-10/h3-4,7,11H,2,5-6,8-9,14H2,1H3. The SMILES string of the molecule is CCC1COCCN1Cc1ccc([N+](=O)[O-])c(N)c1. The van der Waals surface area contributed by atoms with Crippen molar-refractivity contribution in [3.63, 3.8) is 0 Å². The molecular weight excluding hydrogens is 246 g/mol. The lowest BCUT2D eigenvalue weighted by atomic mass is 10.1. The minimum atomic E-state index is -0.456. The van der Waals surface area contributed by atoms with Crippen LogP contribution < -0.4 is 5.73 Å². The molecule has 104 valence electrons. The third-order valence-electron chi connectivity index (χ3n) is 3.50. The number of hydrogen-bond acceptors (Lipinski definition) is 5. The third kappa shape index (κ3) is 3.21. The summed E-state index contributed by atoms with van der Waals surface area (Å²) >= 11 is 0. The second-order valence-electron chi connectivity index (χ2n) is 4.76. The van der Waals surface area contributed by atoms with Gasteiger partial charge in [-0.25, -0.2) is 0 Å². The Morgan fingerprint density at radius 2 is 2.37 bits per heavy atom. The summed E-state index contributed by atoms with van der Waals surface area (Å²) in [5.74, 6) is 0. The molecule has 1 fully saturated rings. The minimum Gasteiger partial charge on any atom is -0.393 e. The first-order valence-corrected chi connectivity index (χ1v) is 6.46. The van der Waals surface area contributed by atoms with E-state index in [1.807, 2.05) is 0 Å². The fraction of sp³-hybridized carbons (Fsp3) is 0.538. The number of nitrogens with zero attached hydrogens (tertiary/aromatic N) is 2. The highest BCUT2D eigenvalue weighted by atomic mass is 16.6. The molecule has 1 saturated heterocycles. The van der Waals surface area contributed by atoms with E-state index < -0.39 is 4.92 Å². The van der Waals surface area contributed by atoms with Gasteiger partial charge in [0.15, 0.2) is 0 Å². The van der Waals surface area contributed by atoms with Crippen LogP contribution in [-0.4, -0.2) is 35.6 Å². The molecule has 19 heavy (non-hydrogen) atoms. The zero-order valence-electron chi connectivity index (χ0n) is 11.0. The Kier molecular flexibility index (Phi) is 4.34. The molecule has 0 radical (unpaired) electrons. The molecule has 1 unspecified atom stereocenters. The van der Waals surface area contributed by atoms with E-state index in [9.17, 15) is 10.1 Å². The van der Waals surface area contributed by atoms with Crippen LogP contribution in [0, 0.1) is 10.1 Å². The highest BCUT2D eigenvalue weighted by Crippen LogP contribution is 2.23. The highest BCUT2D eigenvalue weighted by molar-refractivity contribution is 5.59. The predicted molar refractivity (Wildman–Crippen MR) is 72.8 cm³/mol. The number of nitrogen functional groups attached to an aromatic ring is 1. The van der Waals surface area contributed by atoms with Gasteiger partial charge in [0, 0.05) is 25.2 Å². The van der Waals surface area contributed by atoms with Crippen molar-refractivity contribution in [3.8, 4) is 0 Å². The Bertz CT molecular complexity index is 464. The molecule has 0 bridgehead atoms. The van der Waals surface area contributed by atoms with Crippen molar-refractivity contribution in [2.24, 2.45) is 0 Å². The fourth-order valence-electron chi connectivity index (χ4n) is 2.38. The summed E-state index contributed by atoms with van der Waals surface area (Å²) in [7, 11) is 0. The Hall–Kier alpha value is -1.66. The van der Waals surface area contributed by atoms with Crippen LogP contribution >= 0.6 is 0 Å². The van der Waals surface area contributed by atoms with Crippen molar-refractivity contribution in [2.75, 3.05) is 25.5 Å². The predicted octanol–water partition coefficient (Wildman–Crippen LogP) is 1.79. The van der Waals surface area contributed by atoms with E-state index in [-0.39, 0.29) is 11.4 Å². The maximum atomic E-state index is 10.7. The first-order valence-electron chi connectivity index (χ1n) is 6.46. The lowest BCUT2D eigenvalue weighted by Crippen LogP contribution is -2.44. The minimum absolute atomic E-state index is 0.0298. The van der Waals surface area contributed by atoms with Gasteiger partial charge in [0.05, 0.1) is 18.1 Å². The van der Waals surface area contributed by atoms with Crippen molar-refractivity contribution in [1.82, 2.24) is 4.90 Å². The number of hydrogen-bond donors (Lipinski definition) is 1. The van der Waals surface area contributed by atoms with Crippen molar-refractivity contribution in [2.45, 2.75) is 25.9 Å². The smallest absolute Gasteiger partial charge is 0.292 e. The average molecular weight is 265 g/mol. The van der Waals surface area contributed by atoms with Crippen molar-refractivity contribution < 1.29 is 9.66 Å². The Morgan fingerprint density at radius 3 is 3.00 bits per heavy atom. The van der Waals surface area contributed by atoms with Crippen molar-refractivity contribution in [1.29, 1.82) is 0 Å². The molecule has 2 rings (SSSR count). The number of nitro benzene ring substituents is 1. The van der Waals surface area contributed by atoms with Gasteiger partial charge in [-0.3, -0.25) is 15.0 Å². The van der Waals surface area contributed by atoms with Crippen LogP contribution in [0.4, 0.5) is 11.4 Å². The van der Waals surface area contributed by atoms with Crippen LogP contribution in [0.5, 0.6) is 0 Å². The summed E-state index contributed by atoms with van der Waals surface area (Å²) < 4.78 is 5.46. The van der Waals surface area contributed by atoms with E-state index in [1.165, 1.54) is 6.07 Å². The number of benzene rings is 1. The molecule has 6 heteroatoms. The van der Waals surface area contributed by atoms with Gasteiger partial charge in [0.1, 0.15) is 5.69 Å². The number of nitrogens with two attached hydrogens (primary N) is 1. The van der Waals surface area contributed by atoms with Gasteiger partial charge >= 0.3 is 0 Å². The second-order valence-corrected chi connectivity index (χ2v) is 4.76. The van der Waals surface area contributed by atoms with Crippen molar-refractivity contribution in [3.05, 3.63) is 33.9 Å². The summed E-state index contributed by atoms with van der Waals surface area (Å²) in [5.41, 5.74) is 6.91. The monoisotopic (exact) mass is 265 g/mol. The molecule has 0 saturated carbocycles. The lowest BCUT2D eigenvalue weighted by molar-refractivity contribution is -0.383. The maximum absolute atomic E-state index is 10.7. The van der Waals surface area contributed by atoms with Crippen LogP contribution in [0.25, 0.3) is 0 Å². The number of morpholine rings is 1. The number of anilines is 1. The van der Waals surface area contributed by atoms with Crippen molar-refractivity contribution >= 4 is 11.4 Å². The summed E-state index contributed by atoms with van der Waals surface area (Å²) in [5, 5.41) is 10.7. The van der Waals surface area contributed by atoms with Crippen LogP contribution in [0.1, 0.15) is 18.9 Å². The normalized spacial score (nSPS) is 20.4. The molecular formula is C13H19N3O3. The molecule has 1 atom stereocenters. The van der Waals surface area contributed by atoms with Gasteiger partial charge < -0.3 is 10.5 Å². The molecule has 1 heterocycles. The zero-order chi connectivity index (χ0) is 13.8. The van der Waals surface area contributed by atoms with Gasteiger partial charge in [-0.1, -0.05) is 13.0 Å². The average Bonchev–Trinajstić information content (AvgIpc) is 2.39. The molecule has 1 aromatic carbocycles.